The third kappa shape index (κ3) is 4.91. The molecular weight excluding hydrogens is 272 g/mol. The second kappa shape index (κ2) is 7.42. The van der Waals surface area contributed by atoms with E-state index in [1.54, 1.807) is 24.3 Å². The minimum Gasteiger partial charge on any atom is -0.468 e. The first-order valence-corrected chi connectivity index (χ1v) is 6.60. The Balaban J connectivity index is 2.98. The monoisotopic (exact) mass is 292 g/mol. The number of nitrogens with zero attached hydrogens (tertiary/aromatic N) is 1. The van der Waals surface area contributed by atoms with Crippen LogP contribution in [0.15, 0.2) is 24.3 Å². The number of amides is 2. The molecule has 0 aliphatic rings. The fourth-order valence-corrected chi connectivity index (χ4v) is 1.79. The van der Waals surface area contributed by atoms with Crippen molar-refractivity contribution in [1.82, 2.24) is 4.90 Å². The molecule has 0 heterocycles. The van der Waals surface area contributed by atoms with E-state index in [1.807, 2.05) is 13.8 Å². The lowest BCUT2D eigenvalue weighted by atomic mass is 10.1. The minimum atomic E-state index is -0.477. The van der Waals surface area contributed by atoms with Gasteiger partial charge in [0.1, 0.15) is 6.54 Å². The van der Waals surface area contributed by atoms with E-state index in [4.69, 9.17) is 0 Å². The van der Waals surface area contributed by atoms with Crippen molar-refractivity contribution in [3.63, 3.8) is 0 Å². The molecule has 21 heavy (non-hydrogen) atoms. The normalized spacial score (nSPS) is 10.1. The maximum Gasteiger partial charge on any atom is 0.325 e. The number of nitrogens with one attached hydrogen (secondary N) is 1. The molecule has 1 N–H and O–H groups in total. The topological polar surface area (TPSA) is 75.7 Å². The highest BCUT2D eigenvalue weighted by molar-refractivity contribution is 5.98. The van der Waals surface area contributed by atoms with Crippen LogP contribution in [0.4, 0.5) is 5.69 Å². The molecule has 0 aliphatic carbocycles. The second-order valence-corrected chi connectivity index (χ2v) is 4.86. The number of hydrogen-bond donors (Lipinski definition) is 1. The van der Waals surface area contributed by atoms with Crippen LogP contribution in [0.25, 0.3) is 0 Å². The van der Waals surface area contributed by atoms with Crippen LogP contribution in [-0.2, 0) is 14.3 Å². The number of benzene rings is 1. The zero-order chi connectivity index (χ0) is 16.0. The van der Waals surface area contributed by atoms with Crippen molar-refractivity contribution >= 4 is 23.5 Å². The largest absolute Gasteiger partial charge is 0.468 e. The quantitative estimate of drug-likeness (QED) is 0.838. The Labute approximate surface area is 124 Å². The Morgan fingerprint density at radius 3 is 2.48 bits per heavy atom. The van der Waals surface area contributed by atoms with Crippen molar-refractivity contribution in [2.45, 2.75) is 26.8 Å². The van der Waals surface area contributed by atoms with Crippen LogP contribution in [0.3, 0.4) is 0 Å². The van der Waals surface area contributed by atoms with Gasteiger partial charge in [-0.05, 0) is 32.0 Å². The molecule has 0 radical (unpaired) electrons. The first-order chi connectivity index (χ1) is 9.85. The molecule has 0 atom stereocenters. The van der Waals surface area contributed by atoms with Crippen LogP contribution < -0.4 is 5.32 Å². The summed E-state index contributed by atoms with van der Waals surface area (Å²) in [6.45, 7) is 4.92. The van der Waals surface area contributed by atoms with E-state index in [0.717, 1.165) is 0 Å². The number of methoxy groups -OCH3 is 1. The number of ether oxygens (including phenoxy) is 1. The van der Waals surface area contributed by atoms with Crippen molar-refractivity contribution in [3.05, 3.63) is 29.8 Å². The Morgan fingerprint density at radius 1 is 1.29 bits per heavy atom. The summed E-state index contributed by atoms with van der Waals surface area (Å²) >= 11 is 0. The number of hydrogen-bond acceptors (Lipinski definition) is 4. The lowest BCUT2D eigenvalue weighted by Crippen LogP contribution is -2.41. The average molecular weight is 292 g/mol. The summed E-state index contributed by atoms with van der Waals surface area (Å²) in [6.07, 6.45) is 0. The predicted molar refractivity (Wildman–Crippen MR) is 78.9 cm³/mol. The third-order valence-electron chi connectivity index (χ3n) is 2.84. The summed E-state index contributed by atoms with van der Waals surface area (Å²) in [6, 6.07) is 6.44. The van der Waals surface area contributed by atoms with Crippen molar-refractivity contribution in [3.8, 4) is 0 Å². The lowest BCUT2D eigenvalue weighted by Gasteiger charge is -2.25. The minimum absolute atomic E-state index is 0.114. The van der Waals surface area contributed by atoms with E-state index < -0.39 is 5.97 Å². The molecule has 0 aliphatic heterocycles. The molecular formula is C15H20N2O4. The summed E-state index contributed by atoms with van der Waals surface area (Å²) < 4.78 is 4.60. The van der Waals surface area contributed by atoms with Gasteiger partial charge in [0.05, 0.1) is 7.11 Å². The number of rotatable bonds is 5. The van der Waals surface area contributed by atoms with Crippen molar-refractivity contribution in [1.29, 1.82) is 0 Å². The van der Waals surface area contributed by atoms with E-state index in [1.165, 1.54) is 18.9 Å². The first-order valence-electron chi connectivity index (χ1n) is 6.60. The number of carbonyl (C=O) groups is 3. The zero-order valence-electron chi connectivity index (χ0n) is 12.7. The maximum absolute atomic E-state index is 12.5. The van der Waals surface area contributed by atoms with Crippen LogP contribution >= 0.6 is 0 Å². The van der Waals surface area contributed by atoms with Gasteiger partial charge < -0.3 is 15.0 Å². The predicted octanol–water partition coefficient (Wildman–Crippen LogP) is 1.67. The van der Waals surface area contributed by atoms with E-state index in [9.17, 15) is 14.4 Å². The third-order valence-corrected chi connectivity index (χ3v) is 2.84. The molecule has 1 aromatic rings. The summed E-state index contributed by atoms with van der Waals surface area (Å²) in [5.74, 6) is -0.979. The van der Waals surface area contributed by atoms with Gasteiger partial charge in [-0.3, -0.25) is 14.4 Å². The number of esters is 1. The molecule has 6 heteroatoms. The average Bonchev–Trinajstić information content (AvgIpc) is 2.43. The fourth-order valence-electron chi connectivity index (χ4n) is 1.79. The molecule has 0 saturated carbocycles. The Hall–Kier alpha value is -2.37. The molecule has 0 aromatic heterocycles. The smallest absolute Gasteiger partial charge is 0.325 e. The van der Waals surface area contributed by atoms with E-state index in [-0.39, 0.29) is 24.4 Å². The summed E-state index contributed by atoms with van der Waals surface area (Å²) in [4.78, 5) is 36.4. The standard InChI is InChI=1S/C15H20N2O4/c1-10(2)17(9-14(19)21-4)15(20)12-6-5-7-13(8-12)16-11(3)18/h5-8,10H,9H2,1-4H3,(H,16,18). The van der Waals surface area contributed by atoms with Gasteiger partial charge in [0.2, 0.25) is 5.91 Å². The summed E-state index contributed by atoms with van der Waals surface area (Å²) in [5, 5.41) is 2.62. The van der Waals surface area contributed by atoms with E-state index in [2.05, 4.69) is 10.1 Å². The van der Waals surface area contributed by atoms with Crippen LogP contribution in [0.1, 0.15) is 31.1 Å². The van der Waals surface area contributed by atoms with Crippen LogP contribution in [-0.4, -0.2) is 42.4 Å². The van der Waals surface area contributed by atoms with Crippen LogP contribution in [0.2, 0.25) is 0 Å². The van der Waals surface area contributed by atoms with Crippen LogP contribution in [0, 0.1) is 0 Å². The number of carbonyl (C=O) groups excluding carboxylic acids is 3. The number of anilines is 1. The van der Waals surface area contributed by atoms with Gasteiger partial charge >= 0.3 is 5.97 Å². The van der Waals surface area contributed by atoms with Crippen LogP contribution in [0.5, 0.6) is 0 Å². The molecule has 0 saturated heterocycles. The van der Waals surface area contributed by atoms with Gasteiger partial charge in [-0.1, -0.05) is 6.07 Å². The molecule has 114 valence electrons. The Kier molecular flexibility index (Phi) is 5.90. The van der Waals surface area contributed by atoms with Gasteiger partial charge in [0, 0.05) is 24.2 Å². The maximum atomic E-state index is 12.5. The van der Waals surface area contributed by atoms with Crippen molar-refractivity contribution in [2.24, 2.45) is 0 Å². The highest BCUT2D eigenvalue weighted by Crippen LogP contribution is 2.14. The van der Waals surface area contributed by atoms with Gasteiger partial charge in [0.15, 0.2) is 0 Å². The molecule has 0 bridgehead atoms. The molecule has 1 aromatic carbocycles. The summed E-state index contributed by atoms with van der Waals surface area (Å²) in [5.41, 5.74) is 0.939. The summed E-state index contributed by atoms with van der Waals surface area (Å²) in [7, 11) is 1.28. The second-order valence-electron chi connectivity index (χ2n) is 4.86. The molecule has 6 nitrogen and oxygen atoms in total. The van der Waals surface area contributed by atoms with Gasteiger partial charge in [-0.2, -0.15) is 0 Å². The molecule has 0 unspecified atom stereocenters. The highest BCUT2D eigenvalue weighted by Gasteiger charge is 2.22. The van der Waals surface area contributed by atoms with E-state index >= 15 is 0 Å². The van der Waals surface area contributed by atoms with Gasteiger partial charge in [0.25, 0.3) is 5.91 Å². The lowest BCUT2D eigenvalue weighted by molar-refractivity contribution is -0.141. The van der Waals surface area contributed by atoms with Crippen molar-refractivity contribution in [2.75, 3.05) is 19.0 Å². The fraction of sp³-hybridized carbons (Fsp3) is 0.400. The van der Waals surface area contributed by atoms with Gasteiger partial charge in [-0.25, -0.2) is 0 Å². The van der Waals surface area contributed by atoms with Crippen molar-refractivity contribution < 1.29 is 19.1 Å². The van der Waals surface area contributed by atoms with Gasteiger partial charge in [-0.15, -0.1) is 0 Å². The molecule has 2 amide bonds. The molecule has 0 fully saturated rings. The Morgan fingerprint density at radius 2 is 1.95 bits per heavy atom. The first kappa shape index (κ1) is 16.7. The molecule has 1 rings (SSSR count). The van der Waals surface area contributed by atoms with E-state index in [0.29, 0.717) is 11.3 Å². The highest BCUT2D eigenvalue weighted by atomic mass is 16.5. The SMILES string of the molecule is COC(=O)CN(C(=O)c1cccc(NC(C)=O)c1)C(C)C. The molecule has 0 spiro atoms. The Bertz CT molecular complexity index is 540. The zero-order valence-corrected chi connectivity index (χ0v) is 12.7.